The summed E-state index contributed by atoms with van der Waals surface area (Å²) in [4.78, 5) is 10.5. The van der Waals surface area contributed by atoms with E-state index in [4.69, 9.17) is 10.8 Å². The normalized spacial score (nSPS) is 12.4. The third-order valence-corrected chi connectivity index (χ3v) is 2.42. The van der Waals surface area contributed by atoms with Crippen molar-refractivity contribution in [2.45, 2.75) is 12.5 Å². The lowest BCUT2D eigenvalue weighted by atomic mass is 10.7. The fourth-order valence-corrected chi connectivity index (χ4v) is 1.44. The van der Waals surface area contributed by atoms with Crippen LogP contribution in [0.5, 0.6) is 5.75 Å². The molecule has 0 radical (unpaired) electrons. The summed E-state index contributed by atoms with van der Waals surface area (Å²) in [5, 5.41) is 17.8. The largest absolute Gasteiger partial charge is 0.507 e. The molecule has 0 fully saturated rings. The van der Waals surface area contributed by atoms with E-state index < -0.39 is 12.0 Å². The van der Waals surface area contributed by atoms with Crippen molar-refractivity contribution in [3.8, 4) is 5.75 Å². The number of benzene rings is 1. The molecule has 0 saturated heterocycles. The van der Waals surface area contributed by atoms with Gasteiger partial charge in [-0.25, -0.2) is 0 Å². The molecular weight excluding hydrogens is 256 g/mol. The maximum Gasteiger partial charge on any atom is 0.320 e. The number of phenols is 1. The van der Waals surface area contributed by atoms with Crippen LogP contribution in [0, 0.1) is 0 Å². The van der Waals surface area contributed by atoms with Crippen molar-refractivity contribution in [3.63, 3.8) is 0 Å². The lowest BCUT2D eigenvalue weighted by molar-refractivity contribution is -0.138. The molecule has 0 aliphatic rings. The molecule has 1 aromatic carbocycles. The summed E-state index contributed by atoms with van der Waals surface area (Å²) in [5.74, 6) is -0.910. The Kier molecular flexibility index (Phi) is 3.49. The highest BCUT2D eigenvalue weighted by atomic mass is 79.9. The Morgan fingerprint density at radius 3 is 2.71 bits per heavy atom. The summed E-state index contributed by atoms with van der Waals surface area (Å²) < 4.78 is 0.535. The SMILES string of the molecule is N[13C@@H]([13CH2][13c]1cc[13c](O)[13c](Br)[13cH]1)C(=O)O. The first-order valence-electron chi connectivity index (χ1n) is 3.96. The van der Waals surface area contributed by atoms with Crippen molar-refractivity contribution in [2.24, 2.45) is 5.73 Å². The Morgan fingerprint density at radius 1 is 1.57 bits per heavy atom. The average molecular weight is 266 g/mol. The standard InChI is InChI=1S/C9H10BrNO3/c10-6-3-5(1-2-8(6)12)4-7(11)9(13)14/h1-3,7,12H,4,11H2,(H,13,14)/t7-/m0/s1/i3+1,4+1,5+1,6+1,7+1,8+1. The van der Waals surface area contributed by atoms with Crippen molar-refractivity contribution < 1.29 is 15.0 Å². The van der Waals surface area contributed by atoms with Gasteiger partial charge >= 0.3 is 5.97 Å². The minimum Gasteiger partial charge on any atom is -0.507 e. The van der Waals surface area contributed by atoms with Crippen molar-refractivity contribution in [1.29, 1.82) is 0 Å². The van der Waals surface area contributed by atoms with Crippen LogP contribution in [0.1, 0.15) is 5.56 Å². The Balaban J connectivity index is 2.78. The van der Waals surface area contributed by atoms with Gasteiger partial charge < -0.3 is 15.9 Å². The van der Waals surface area contributed by atoms with Gasteiger partial charge in [0.05, 0.1) is 4.47 Å². The van der Waals surface area contributed by atoms with Gasteiger partial charge in [0.2, 0.25) is 0 Å². The van der Waals surface area contributed by atoms with Crippen molar-refractivity contribution in [3.05, 3.63) is 28.2 Å². The minimum absolute atomic E-state index is 0.123. The van der Waals surface area contributed by atoms with Gasteiger partial charge in [0.25, 0.3) is 0 Å². The summed E-state index contributed by atoms with van der Waals surface area (Å²) in [5.41, 5.74) is 6.13. The van der Waals surface area contributed by atoms with E-state index in [0.29, 0.717) is 4.47 Å². The Morgan fingerprint density at radius 2 is 2.21 bits per heavy atom. The van der Waals surface area contributed by atoms with E-state index in [1.165, 1.54) is 6.07 Å². The predicted octanol–water partition coefficient (Wildman–Crippen LogP) is 1.11. The second kappa shape index (κ2) is 4.43. The quantitative estimate of drug-likeness (QED) is 0.715. The summed E-state index contributed by atoms with van der Waals surface area (Å²) in [6, 6.07) is 3.88. The van der Waals surface area contributed by atoms with E-state index in [2.05, 4.69) is 15.9 Å². The van der Waals surface area contributed by atoms with Gasteiger partial charge in [-0.15, -0.1) is 0 Å². The predicted molar refractivity (Wildman–Crippen MR) is 55.1 cm³/mol. The fourth-order valence-electron chi connectivity index (χ4n) is 1.02. The molecule has 0 unspecified atom stereocenters. The van der Waals surface area contributed by atoms with Crippen molar-refractivity contribution >= 4 is 21.9 Å². The van der Waals surface area contributed by atoms with Crippen LogP contribution in [-0.4, -0.2) is 22.2 Å². The van der Waals surface area contributed by atoms with Crippen LogP contribution in [0.15, 0.2) is 22.7 Å². The van der Waals surface area contributed by atoms with Gasteiger partial charge in [0.1, 0.15) is 11.8 Å². The highest BCUT2D eigenvalue weighted by Crippen LogP contribution is 2.24. The number of phenolic OH excluding ortho intramolecular Hbond substituents is 1. The van der Waals surface area contributed by atoms with E-state index in [1.54, 1.807) is 12.1 Å². The Labute approximate surface area is 89.5 Å². The molecule has 1 aromatic rings. The fraction of sp³-hybridized carbons (Fsp3) is 0.222. The highest BCUT2D eigenvalue weighted by molar-refractivity contribution is 9.10. The van der Waals surface area contributed by atoms with E-state index in [1.807, 2.05) is 0 Å². The molecule has 1 rings (SSSR count). The van der Waals surface area contributed by atoms with Gasteiger partial charge in [-0.3, -0.25) is 4.79 Å². The zero-order valence-electron chi connectivity index (χ0n) is 7.27. The summed E-state index contributed by atoms with van der Waals surface area (Å²) in [7, 11) is 0. The molecule has 0 aliphatic heterocycles. The number of hydrogen-bond acceptors (Lipinski definition) is 3. The number of aromatic hydroxyl groups is 1. The van der Waals surface area contributed by atoms with Gasteiger partial charge in [0.15, 0.2) is 0 Å². The van der Waals surface area contributed by atoms with Crippen LogP contribution in [-0.2, 0) is 11.2 Å². The molecule has 0 aliphatic carbocycles. The summed E-state index contributed by atoms with van der Waals surface area (Å²) in [6.07, 6.45) is 0.244. The van der Waals surface area contributed by atoms with E-state index >= 15 is 0 Å². The number of carboxylic acid groups (broad SMARTS) is 1. The van der Waals surface area contributed by atoms with Crippen LogP contribution < -0.4 is 5.73 Å². The monoisotopic (exact) mass is 265 g/mol. The van der Waals surface area contributed by atoms with Gasteiger partial charge in [-0.05, 0) is 40.0 Å². The second-order valence-electron chi connectivity index (χ2n) is 2.93. The van der Waals surface area contributed by atoms with Crippen LogP contribution in [0.2, 0.25) is 0 Å². The molecule has 14 heavy (non-hydrogen) atoms. The van der Waals surface area contributed by atoms with Crippen molar-refractivity contribution in [2.75, 3.05) is 0 Å². The number of carboxylic acids is 1. The van der Waals surface area contributed by atoms with Crippen LogP contribution >= 0.6 is 15.9 Å². The third-order valence-electron chi connectivity index (χ3n) is 1.78. The molecule has 0 spiro atoms. The molecule has 4 nitrogen and oxygen atoms in total. The van der Waals surface area contributed by atoms with Crippen LogP contribution in [0.25, 0.3) is 0 Å². The zero-order chi connectivity index (χ0) is 10.7. The van der Waals surface area contributed by atoms with E-state index in [-0.39, 0.29) is 12.2 Å². The molecule has 0 aromatic heterocycles. The number of aliphatic carboxylic acids is 1. The lowest BCUT2D eigenvalue weighted by Gasteiger charge is -2.07. The number of carbonyl (C=O) groups is 1. The van der Waals surface area contributed by atoms with Gasteiger partial charge in [-0.2, -0.15) is 0 Å². The van der Waals surface area contributed by atoms with Crippen molar-refractivity contribution in [1.82, 2.24) is 0 Å². The molecule has 0 heterocycles. The molecule has 76 valence electrons. The van der Waals surface area contributed by atoms with Crippen LogP contribution in [0.3, 0.4) is 0 Å². The molecule has 0 saturated carbocycles. The zero-order valence-corrected chi connectivity index (χ0v) is 8.86. The summed E-state index contributed by atoms with van der Waals surface area (Å²) >= 11 is 3.13. The molecular formula is C9H10BrNO3. The highest BCUT2D eigenvalue weighted by Gasteiger charge is 2.12. The smallest absolute Gasteiger partial charge is 0.320 e. The first-order chi connectivity index (χ1) is 6.50. The van der Waals surface area contributed by atoms with E-state index in [0.717, 1.165) is 5.56 Å². The second-order valence-corrected chi connectivity index (χ2v) is 3.79. The molecule has 1 atom stereocenters. The maximum absolute atomic E-state index is 10.5. The van der Waals surface area contributed by atoms with Gasteiger partial charge in [-0.1, -0.05) is 6.07 Å². The third kappa shape index (κ3) is 2.71. The number of rotatable bonds is 3. The van der Waals surface area contributed by atoms with Crippen LogP contribution in [0.4, 0.5) is 0 Å². The topological polar surface area (TPSA) is 83.5 Å². The lowest BCUT2D eigenvalue weighted by Crippen LogP contribution is -2.32. The maximum atomic E-state index is 10.5. The number of hydrogen-bond donors (Lipinski definition) is 3. The Hall–Kier alpha value is -1.07. The molecule has 0 bridgehead atoms. The number of halogens is 1. The molecule has 5 heteroatoms. The average Bonchev–Trinajstić information content (AvgIpc) is 2.11. The minimum atomic E-state index is -1.03. The number of nitrogens with two attached hydrogens (primary N) is 1. The Bertz CT molecular complexity index is 354. The first kappa shape index (κ1) is 11.0. The molecule has 4 N–H and O–H groups in total. The molecule has 0 amide bonds. The van der Waals surface area contributed by atoms with Gasteiger partial charge in [0, 0.05) is 0 Å². The summed E-state index contributed by atoms with van der Waals surface area (Å²) in [6.45, 7) is 0. The van der Waals surface area contributed by atoms with E-state index in [9.17, 15) is 9.90 Å². The first-order valence-corrected chi connectivity index (χ1v) is 4.76.